The Balaban J connectivity index is 2.11. The smallest absolute Gasteiger partial charge is 0.268 e. The quantitative estimate of drug-likeness (QED) is 0.536. The Labute approximate surface area is 163 Å². The summed E-state index contributed by atoms with van der Waals surface area (Å²) in [4.78, 5) is 11.7. The number of nitrogens with zero attached hydrogens (tertiary/aromatic N) is 2. The van der Waals surface area contributed by atoms with E-state index in [9.17, 15) is 4.79 Å². The van der Waals surface area contributed by atoms with Crippen LogP contribution in [0.15, 0.2) is 52.0 Å². The summed E-state index contributed by atoms with van der Waals surface area (Å²) in [7, 11) is 0. The first-order valence-corrected chi connectivity index (χ1v) is 9.09. The second-order valence-electron chi connectivity index (χ2n) is 5.48. The monoisotopic (exact) mass is 444 g/mol. The molecule has 0 spiro atoms. The number of hydrogen-bond acceptors (Lipinski definition) is 3. The van der Waals surface area contributed by atoms with E-state index in [1.54, 1.807) is 23.2 Å². The van der Waals surface area contributed by atoms with Crippen LogP contribution in [0.3, 0.4) is 0 Å². The van der Waals surface area contributed by atoms with Crippen molar-refractivity contribution >= 4 is 67.4 Å². The molecule has 0 N–H and O–H groups in total. The Bertz CT molecular complexity index is 823. The molecule has 1 unspecified atom stereocenters. The highest BCUT2D eigenvalue weighted by Gasteiger charge is 2.39. The average molecular weight is 447 g/mol. The summed E-state index contributed by atoms with van der Waals surface area (Å²) in [5.74, 6) is -0.178. The van der Waals surface area contributed by atoms with Crippen LogP contribution in [0, 0.1) is 5.92 Å². The van der Waals surface area contributed by atoms with Gasteiger partial charge in [-0.1, -0.05) is 58.2 Å². The summed E-state index contributed by atoms with van der Waals surface area (Å²) in [6.45, 7) is 1.93. The number of hydrazone groups is 1. The molecule has 0 radical (unpaired) electrons. The first-order valence-electron chi connectivity index (χ1n) is 7.16. The van der Waals surface area contributed by atoms with Crippen LogP contribution < -0.4 is 5.01 Å². The Morgan fingerprint density at radius 1 is 1.17 bits per heavy atom. The van der Waals surface area contributed by atoms with Crippen LogP contribution >= 0.6 is 50.7 Å². The van der Waals surface area contributed by atoms with Crippen molar-refractivity contribution in [1.82, 2.24) is 0 Å². The van der Waals surface area contributed by atoms with Crippen molar-refractivity contribution < 1.29 is 4.79 Å². The second kappa shape index (κ2) is 7.04. The van der Waals surface area contributed by atoms with Crippen LogP contribution in [0.2, 0.25) is 10.0 Å². The fraction of sp³-hybridized carbons (Fsp3) is 0.176. The van der Waals surface area contributed by atoms with E-state index in [0.29, 0.717) is 21.4 Å². The molecule has 24 heavy (non-hydrogen) atoms. The zero-order valence-corrected chi connectivity index (χ0v) is 16.4. The van der Waals surface area contributed by atoms with Gasteiger partial charge >= 0.3 is 0 Å². The summed E-state index contributed by atoms with van der Waals surface area (Å²) in [5.41, 5.74) is 2.00. The zero-order valence-electron chi connectivity index (χ0n) is 12.5. The maximum atomic E-state index is 11.7. The molecule has 3 nitrogen and oxygen atoms in total. The van der Waals surface area contributed by atoms with E-state index < -0.39 is 5.24 Å². The maximum Gasteiger partial charge on any atom is 0.268 e. The van der Waals surface area contributed by atoms with Gasteiger partial charge in [0.05, 0.1) is 16.8 Å². The highest BCUT2D eigenvalue weighted by Crippen LogP contribution is 2.42. The van der Waals surface area contributed by atoms with Gasteiger partial charge in [-0.15, -0.1) is 0 Å². The molecule has 0 aliphatic carbocycles. The Hall–Kier alpha value is -1.07. The first kappa shape index (κ1) is 17.7. The van der Waals surface area contributed by atoms with Crippen LogP contribution in [0.1, 0.15) is 18.5 Å². The number of halogens is 4. The molecule has 1 heterocycles. The minimum absolute atomic E-state index is 0.178. The van der Waals surface area contributed by atoms with E-state index in [0.717, 1.165) is 10.0 Å². The van der Waals surface area contributed by atoms with Gasteiger partial charge in [-0.25, -0.2) is 0 Å². The average Bonchev–Trinajstić information content (AvgIpc) is 2.86. The second-order valence-corrected chi connectivity index (χ2v) is 7.59. The predicted octanol–water partition coefficient (Wildman–Crippen LogP) is 6.07. The number of carbonyl (C=O) groups excluding carboxylic acids is 1. The van der Waals surface area contributed by atoms with E-state index in [-0.39, 0.29) is 12.0 Å². The summed E-state index contributed by atoms with van der Waals surface area (Å²) >= 11 is 21.5. The number of benzene rings is 2. The fourth-order valence-electron chi connectivity index (χ4n) is 2.81. The van der Waals surface area contributed by atoms with Crippen LogP contribution in [0.5, 0.6) is 0 Å². The molecule has 7 heteroatoms. The van der Waals surface area contributed by atoms with Gasteiger partial charge in [-0.3, -0.25) is 9.80 Å². The molecule has 0 bridgehead atoms. The van der Waals surface area contributed by atoms with Gasteiger partial charge in [-0.2, -0.15) is 5.10 Å². The lowest BCUT2D eigenvalue weighted by Gasteiger charge is -2.27. The number of carbonyl (C=O) groups is 1. The minimum atomic E-state index is -0.558. The van der Waals surface area contributed by atoms with E-state index in [4.69, 9.17) is 34.8 Å². The van der Waals surface area contributed by atoms with Crippen molar-refractivity contribution in [2.45, 2.75) is 13.0 Å². The van der Waals surface area contributed by atoms with Gasteiger partial charge in [0, 0.05) is 15.4 Å². The molecule has 124 valence electrons. The van der Waals surface area contributed by atoms with Crippen molar-refractivity contribution in [3.63, 3.8) is 0 Å². The van der Waals surface area contributed by atoms with Gasteiger partial charge in [0.25, 0.3) is 5.24 Å². The molecule has 2 aromatic rings. The van der Waals surface area contributed by atoms with Gasteiger partial charge in [0.15, 0.2) is 0 Å². The van der Waals surface area contributed by atoms with E-state index in [1.807, 2.05) is 31.2 Å². The lowest BCUT2D eigenvalue weighted by atomic mass is 9.92. The first-order chi connectivity index (χ1) is 11.4. The Morgan fingerprint density at radius 2 is 1.83 bits per heavy atom. The molecule has 0 aromatic heterocycles. The van der Waals surface area contributed by atoms with Gasteiger partial charge in [0.2, 0.25) is 0 Å². The predicted molar refractivity (Wildman–Crippen MR) is 103 cm³/mol. The molecular formula is C17H12BrCl3N2O. The number of anilines is 1. The summed E-state index contributed by atoms with van der Waals surface area (Å²) in [5, 5.41) is 6.62. The number of hydrogen-bond donors (Lipinski definition) is 0. The highest BCUT2D eigenvalue weighted by molar-refractivity contribution is 9.10. The van der Waals surface area contributed by atoms with Crippen LogP contribution in [-0.2, 0) is 4.79 Å². The molecule has 3 rings (SSSR count). The Morgan fingerprint density at radius 3 is 2.42 bits per heavy atom. The molecule has 1 aliphatic rings. The van der Waals surface area contributed by atoms with Crippen molar-refractivity contribution in [1.29, 1.82) is 0 Å². The largest absolute Gasteiger partial charge is 0.274 e. The molecule has 2 aromatic carbocycles. The third-order valence-corrected chi connectivity index (χ3v) is 5.21. The van der Waals surface area contributed by atoms with Crippen molar-refractivity contribution in [2.75, 3.05) is 5.01 Å². The third-order valence-electron chi connectivity index (χ3n) is 3.95. The van der Waals surface area contributed by atoms with Crippen molar-refractivity contribution in [2.24, 2.45) is 11.0 Å². The highest BCUT2D eigenvalue weighted by atomic mass is 79.9. The van der Waals surface area contributed by atoms with Crippen LogP contribution in [-0.4, -0.2) is 11.0 Å². The van der Waals surface area contributed by atoms with E-state index in [1.165, 1.54) is 0 Å². The topological polar surface area (TPSA) is 32.7 Å². The molecule has 0 saturated heterocycles. The SMILES string of the molecule is CC1C(C(=O)Cl)=NN(c2ccc(Cl)cc2Cl)[C@@H]1c1ccc(Br)cc1. The van der Waals surface area contributed by atoms with Crippen molar-refractivity contribution in [3.05, 3.63) is 62.5 Å². The standard InChI is InChI=1S/C17H12BrCl3N2O/c1-9-15(17(21)24)22-23(14-7-6-12(19)8-13(14)20)16(9)10-2-4-11(18)5-3-10/h2-9,16H,1H3/t9?,16-/m0/s1. The van der Waals surface area contributed by atoms with Crippen molar-refractivity contribution in [3.8, 4) is 0 Å². The minimum Gasteiger partial charge on any atom is -0.274 e. The van der Waals surface area contributed by atoms with Crippen LogP contribution in [0.25, 0.3) is 0 Å². The lowest BCUT2D eigenvalue weighted by molar-refractivity contribution is -0.106. The molecule has 2 atom stereocenters. The third kappa shape index (κ3) is 3.33. The molecule has 1 aliphatic heterocycles. The fourth-order valence-corrected chi connectivity index (χ4v) is 3.78. The van der Waals surface area contributed by atoms with Crippen LogP contribution in [0.4, 0.5) is 5.69 Å². The lowest BCUT2D eigenvalue weighted by Crippen LogP contribution is -2.25. The van der Waals surface area contributed by atoms with E-state index >= 15 is 0 Å². The molecule has 0 saturated carbocycles. The van der Waals surface area contributed by atoms with Gasteiger partial charge < -0.3 is 0 Å². The Kier molecular flexibility index (Phi) is 5.21. The summed E-state index contributed by atoms with van der Waals surface area (Å²) < 4.78 is 0.975. The molecule has 0 fully saturated rings. The summed E-state index contributed by atoms with van der Waals surface area (Å²) in [6.07, 6.45) is 0. The number of rotatable bonds is 3. The maximum absolute atomic E-state index is 11.7. The van der Waals surface area contributed by atoms with E-state index in [2.05, 4.69) is 21.0 Å². The van der Waals surface area contributed by atoms with Gasteiger partial charge in [0.1, 0.15) is 5.71 Å². The normalized spacial score (nSPS) is 20.2. The molecular weight excluding hydrogens is 434 g/mol. The van der Waals surface area contributed by atoms with Gasteiger partial charge in [-0.05, 0) is 47.5 Å². The zero-order chi connectivity index (χ0) is 17.4. The molecule has 0 amide bonds. The summed E-state index contributed by atoms with van der Waals surface area (Å²) in [6, 6.07) is 12.9.